The highest BCUT2D eigenvalue weighted by Gasteiger charge is 2.41. The zero-order valence-electron chi connectivity index (χ0n) is 18.1. The molecule has 4 amide bonds. The number of imide groups is 2. The van der Waals surface area contributed by atoms with Crippen molar-refractivity contribution in [2.75, 3.05) is 0 Å². The summed E-state index contributed by atoms with van der Waals surface area (Å²) in [6.45, 7) is 5.57. The molecular weight excluding hydrogens is 404 g/mol. The number of hydrogen-bond acceptors (Lipinski definition) is 4. The summed E-state index contributed by atoms with van der Waals surface area (Å²) in [6.07, 6.45) is 0.634. The van der Waals surface area contributed by atoms with Crippen LogP contribution in [-0.2, 0) is 0 Å². The highest BCUT2D eigenvalue weighted by molar-refractivity contribution is 6.33. The monoisotopic (exact) mass is 426 g/mol. The van der Waals surface area contributed by atoms with Gasteiger partial charge in [-0.15, -0.1) is 0 Å². The molecule has 0 fully saturated rings. The molecule has 0 bridgehead atoms. The van der Waals surface area contributed by atoms with Crippen LogP contribution in [0.3, 0.4) is 0 Å². The fourth-order valence-corrected chi connectivity index (χ4v) is 4.73. The maximum absolute atomic E-state index is 13.5. The second-order valence-corrected chi connectivity index (χ2v) is 8.38. The number of rotatable bonds is 4. The molecule has 2 heterocycles. The number of carbonyl (C=O) groups is 4. The van der Waals surface area contributed by atoms with Crippen molar-refractivity contribution in [3.8, 4) is 0 Å². The van der Waals surface area contributed by atoms with Gasteiger partial charge in [-0.1, -0.05) is 37.3 Å². The smallest absolute Gasteiger partial charge is 0.261 e. The molecule has 6 nitrogen and oxygen atoms in total. The number of carbonyl (C=O) groups excluding carboxylic acids is 4. The van der Waals surface area contributed by atoms with E-state index in [4.69, 9.17) is 0 Å². The molecule has 5 rings (SSSR count). The maximum Gasteiger partial charge on any atom is 0.261 e. The summed E-state index contributed by atoms with van der Waals surface area (Å²) >= 11 is 0. The molecule has 2 atom stereocenters. The van der Waals surface area contributed by atoms with E-state index in [1.165, 1.54) is 9.80 Å². The minimum absolute atomic E-state index is 0.254. The van der Waals surface area contributed by atoms with Crippen molar-refractivity contribution >= 4 is 34.4 Å². The fourth-order valence-electron chi connectivity index (χ4n) is 4.73. The largest absolute Gasteiger partial charge is 0.272 e. The van der Waals surface area contributed by atoms with Gasteiger partial charge < -0.3 is 0 Å². The van der Waals surface area contributed by atoms with Crippen LogP contribution in [0.15, 0.2) is 54.6 Å². The first-order valence-corrected chi connectivity index (χ1v) is 10.8. The van der Waals surface area contributed by atoms with Crippen molar-refractivity contribution in [2.45, 2.75) is 39.3 Å². The first kappa shape index (κ1) is 20.1. The normalized spacial score (nSPS) is 17.2. The predicted molar refractivity (Wildman–Crippen MR) is 120 cm³/mol. The van der Waals surface area contributed by atoms with E-state index < -0.39 is 17.9 Å². The molecule has 2 aliphatic heterocycles. The van der Waals surface area contributed by atoms with Gasteiger partial charge in [0.05, 0.1) is 6.04 Å². The van der Waals surface area contributed by atoms with E-state index in [1.54, 1.807) is 24.3 Å². The molecule has 32 heavy (non-hydrogen) atoms. The number of hydrogen-bond donors (Lipinski definition) is 0. The molecule has 0 saturated heterocycles. The molecule has 2 unspecified atom stereocenters. The van der Waals surface area contributed by atoms with Crippen LogP contribution < -0.4 is 0 Å². The van der Waals surface area contributed by atoms with Crippen molar-refractivity contribution in [1.82, 2.24) is 9.80 Å². The van der Waals surface area contributed by atoms with Crippen LogP contribution in [-0.4, -0.2) is 39.5 Å². The number of nitrogens with zero attached hydrogens (tertiary/aromatic N) is 2. The summed E-state index contributed by atoms with van der Waals surface area (Å²) in [7, 11) is 0. The van der Waals surface area contributed by atoms with Gasteiger partial charge in [-0.25, -0.2) is 0 Å². The molecule has 160 valence electrons. The van der Waals surface area contributed by atoms with E-state index in [2.05, 4.69) is 0 Å². The third-order valence-corrected chi connectivity index (χ3v) is 6.66. The Hall–Kier alpha value is -3.80. The Labute approximate surface area is 185 Å². The molecular formula is C26H22N2O4. The van der Waals surface area contributed by atoms with E-state index in [1.807, 2.05) is 51.1 Å². The van der Waals surface area contributed by atoms with Gasteiger partial charge in [0.15, 0.2) is 0 Å². The zero-order valence-corrected chi connectivity index (χ0v) is 18.1. The molecule has 6 heteroatoms. The van der Waals surface area contributed by atoms with Crippen molar-refractivity contribution < 1.29 is 19.2 Å². The first-order chi connectivity index (χ1) is 15.4. The second-order valence-electron chi connectivity index (χ2n) is 8.38. The van der Waals surface area contributed by atoms with Gasteiger partial charge in [-0.2, -0.15) is 0 Å². The lowest BCUT2D eigenvalue weighted by Gasteiger charge is -2.35. The van der Waals surface area contributed by atoms with Crippen molar-refractivity contribution in [2.24, 2.45) is 0 Å². The van der Waals surface area contributed by atoms with E-state index in [0.29, 0.717) is 39.4 Å². The highest BCUT2D eigenvalue weighted by Crippen LogP contribution is 2.40. The van der Waals surface area contributed by atoms with Crippen LogP contribution in [0, 0.1) is 0 Å². The minimum Gasteiger partial charge on any atom is -0.272 e. The Morgan fingerprint density at radius 3 is 1.44 bits per heavy atom. The van der Waals surface area contributed by atoms with Crippen molar-refractivity contribution in [3.63, 3.8) is 0 Å². The molecule has 0 spiro atoms. The Bertz CT molecular complexity index is 1260. The van der Waals surface area contributed by atoms with Gasteiger partial charge in [0.1, 0.15) is 0 Å². The van der Waals surface area contributed by atoms with Gasteiger partial charge in [0.25, 0.3) is 23.6 Å². The van der Waals surface area contributed by atoms with Gasteiger partial charge in [0, 0.05) is 39.1 Å². The van der Waals surface area contributed by atoms with Crippen molar-refractivity contribution in [1.29, 1.82) is 0 Å². The molecule has 0 aliphatic carbocycles. The Morgan fingerprint density at radius 1 is 0.625 bits per heavy atom. The van der Waals surface area contributed by atoms with Gasteiger partial charge >= 0.3 is 0 Å². The van der Waals surface area contributed by atoms with Crippen LogP contribution in [0.4, 0.5) is 0 Å². The number of amides is 4. The Morgan fingerprint density at radius 2 is 1.03 bits per heavy atom. The molecule has 3 aromatic rings. The average Bonchev–Trinajstić information content (AvgIpc) is 2.81. The third kappa shape index (κ3) is 2.59. The SMILES string of the molecule is CCC(C)N1C(=O)c2ccc3c4c(ccc(c24)C1=O)C(=O)N(C(C)c1ccccc1)C3=O. The lowest BCUT2D eigenvalue weighted by Crippen LogP contribution is -2.46. The topological polar surface area (TPSA) is 74.8 Å². The van der Waals surface area contributed by atoms with Gasteiger partial charge in [-0.05, 0) is 50.1 Å². The van der Waals surface area contributed by atoms with Gasteiger partial charge in [0.2, 0.25) is 0 Å². The summed E-state index contributed by atoms with van der Waals surface area (Å²) in [6, 6.07) is 15.1. The average molecular weight is 426 g/mol. The molecule has 2 aliphatic rings. The summed E-state index contributed by atoms with van der Waals surface area (Å²) in [5.74, 6) is -1.63. The Balaban J connectivity index is 1.71. The lowest BCUT2D eigenvalue weighted by atomic mass is 9.85. The first-order valence-electron chi connectivity index (χ1n) is 10.8. The Kier molecular flexibility index (Phi) is 4.48. The highest BCUT2D eigenvalue weighted by atomic mass is 16.2. The molecule has 0 saturated carbocycles. The zero-order chi connectivity index (χ0) is 22.7. The minimum atomic E-state index is -0.462. The van der Waals surface area contributed by atoms with Gasteiger partial charge in [-0.3, -0.25) is 29.0 Å². The predicted octanol–water partition coefficient (Wildman–Crippen LogP) is 4.59. The van der Waals surface area contributed by atoms with Crippen molar-refractivity contribution in [3.05, 3.63) is 82.4 Å². The summed E-state index contributed by atoms with van der Waals surface area (Å²) in [5, 5.41) is 0.806. The van der Waals surface area contributed by atoms with E-state index in [-0.39, 0.29) is 17.9 Å². The fraction of sp³-hybridized carbons (Fsp3) is 0.231. The maximum atomic E-state index is 13.5. The summed E-state index contributed by atoms with van der Waals surface area (Å²) in [5.41, 5.74) is 2.22. The van der Waals surface area contributed by atoms with E-state index >= 15 is 0 Å². The van der Waals surface area contributed by atoms with Crippen LogP contribution >= 0.6 is 0 Å². The standard InChI is InChI=1S/C26H22N2O4/c1-4-14(2)27-23(29)17-10-12-19-22-20(13-11-18(21(17)22)24(27)30)26(32)28(25(19)31)15(3)16-8-6-5-7-9-16/h5-15H,4H2,1-3H3. The summed E-state index contributed by atoms with van der Waals surface area (Å²) in [4.78, 5) is 55.8. The second kappa shape index (κ2) is 7.12. The van der Waals surface area contributed by atoms with Crippen LogP contribution in [0.2, 0.25) is 0 Å². The molecule has 3 aromatic carbocycles. The third-order valence-electron chi connectivity index (χ3n) is 6.66. The van der Waals surface area contributed by atoms with Crippen LogP contribution in [0.5, 0.6) is 0 Å². The quantitative estimate of drug-likeness (QED) is 0.572. The summed E-state index contributed by atoms with van der Waals surface area (Å²) < 4.78 is 0. The molecule has 0 N–H and O–H groups in total. The van der Waals surface area contributed by atoms with E-state index in [0.717, 1.165) is 5.56 Å². The molecule has 0 radical (unpaired) electrons. The van der Waals surface area contributed by atoms with Crippen LogP contribution in [0.25, 0.3) is 10.8 Å². The molecule has 0 aromatic heterocycles. The lowest BCUT2D eigenvalue weighted by molar-refractivity contribution is 0.0526. The number of benzene rings is 3. The van der Waals surface area contributed by atoms with E-state index in [9.17, 15) is 19.2 Å². The van der Waals surface area contributed by atoms with Crippen LogP contribution in [0.1, 0.15) is 80.2 Å².